The molecule has 110 valence electrons. The number of carbonyl (C=O) groups excluding carboxylic acids is 1. The Hall–Kier alpha value is -1.44. The average molecular weight is 297 g/mol. The molecule has 1 saturated heterocycles. The highest BCUT2D eigenvalue weighted by Gasteiger charge is 2.23. The summed E-state index contributed by atoms with van der Waals surface area (Å²) < 4.78 is 22.3. The van der Waals surface area contributed by atoms with Crippen LogP contribution in [0.15, 0.2) is 29.2 Å². The molecule has 6 nitrogen and oxygen atoms in total. The van der Waals surface area contributed by atoms with Crippen LogP contribution >= 0.6 is 0 Å². The van der Waals surface area contributed by atoms with Gasteiger partial charge in [0.25, 0.3) is 0 Å². The van der Waals surface area contributed by atoms with Gasteiger partial charge < -0.3 is 5.32 Å². The van der Waals surface area contributed by atoms with E-state index in [2.05, 4.69) is 10.2 Å². The number of nitrogens with one attached hydrogen (secondary N) is 1. The highest BCUT2D eigenvalue weighted by molar-refractivity contribution is 7.89. The molecule has 1 amide bonds. The molecule has 1 aromatic rings. The SMILES string of the molecule is C[C@@H](C(=O)Nc1ccc(S(N)(=O)=O)cc1)N1CCCC1. The van der Waals surface area contributed by atoms with Crippen LogP contribution in [0.4, 0.5) is 5.69 Å². The number of hydrogen-bond donors (Lipinski definition) is 2. The predicted molar refractivity (Wildman–Crippen MR) is 76.7 cm³/mol. The van der Waals surface area contributed by atoms with Crippen LogP contribution in [0.3, 0.4) is 0 Å². The molecule has 7 heteroatoms. The van der Waals surface area contributed by atoms with E-state index in [1.807, 2.05) is 6.92 Å². The lowest BCUT2D eigenvalue weighted by atomic mass is 10.2. The molecule has 0 aliphatic carbocycles. The van der Waals surface area contributed by atoms with E-state index in [1.54, 1.807) is 0 Å². The molecule has 20 heavy (non-hydrogen) atoms. The van der Waals surface area contributed by atoms with Crippen LogP contribution in [0.5, 0.6) is 0 Å². The Kier molecular flexibility index (Phi) is 4.42. The first-order valence-electron chi connectivity index (χ1n) is 6.56. The van der Waals surface area contributed by atoms with Gasteiger partial charge in [0.05, 0.1) is 10.9 Å². The van der Waals surface area contributed by atoms with Gasteiger partial charge in [-0.25, -0.2) is 13.6 Å². The Bertz CT molecular complexity index is 577. The fourth-order valence-corrected chi connectivity index (χ4v) is 2.78. The van der Waals surface area contributed by atoms with Gasteiger partial charge in [-0.05, 0) is 57.1 Å². The third kappa shape index (κ3) is 3.56. The molecule has 0 aromatic heterocycles. The van der Waals surface area contributed by atoms with Crippen LogP contribution < -0.4 is 10.5 Å². The highest BCUT2D eigenvalue weighted by atomic mass is 32.2. The second-order valence-corrected chi connectivity index (χ2v) is 6.54. The molecule has 1 atom stereocenters. The number of carbonyl (C=O) groups is 1. The van der Waals surface area contributed by atoms with E-state index >= 15 is 0 Å². The van der Waals surface area contributed by atoms with Crippen molar-refractivity contribution in [3.05, 3.63) is 24.3 Å². The van der Waals surface area contributed by atoms with Crippen LogP contribution in [-0.2, 0) is 14.8 Å². The maximum atomic E-state index is 12.1. The second kappa shape index (κ2) is 5.90. The van der Waals surface area contributed by atoms with E-state index in [4.69, 9.17) is 5.14 Å². The van der Waals surface area contributed by atoms with Crippen molar-refractivity contribution in [1.29, 1.82) is 0 Å². The van der Waals surface area contributed by atoms with E-state index in [9.17, 15) is 13.2 Å². The molecule has 0 bridgehead atoms. The predicted octanol–water partition coefficient (Wildman–Crippen LogP) is 0.757. The molecule has 0 unspecified atom stereocenters. The molecule has 3 N–H and O–H groups in total. The Balaban J connectivity index is 2.00. The number of sulfonamides is 1. The van der Waals surface area contributed by atoms with Gasteiger partial charge in [-0.15, -0.1) is 0 Å². The van der Waals surface area contributed by atoms with Crippen molar-refractivity contribution >= 4 is 21.6 Å². The second-order valence-electron chi connectivity index (χ2n) is 4.98. The van der Waals surface area contributed by atoms with E-state index in [0.29, 0.717) is 5.69 Å². The van der Waals surface area contributed by atoms with Gasteiger partial charge in [0.2, 0.25) is 15.9 Å². The van der Waals surface area contributed by atoms with Crippen molar-refractivity contribution < 1.29 is 13.2 Å². The van der Waals surface area contributed by atoms with Crippen molar-refractivity contribution in [3.8, 4) is 0 Å². The summed E-state index contributed by atoms with van der Waals surface area (Å²) in [5.74, 6) is -0.0877. The van der Waals surface area contributed by atoms with E-state index in [0.717, 1.165) is 25.9 Å². The molecule has 1 heterocycles. The molecule has 0 spiro atoms. The lowest BCUT2D eigenvalue weighted by Gasteiger charge is -2.22. The van der Waals surface area contributed by atoms with Gasteiger partial charge in [0.15, 0.2) is 0 Å². The van der Waals surface area contributed by atoms with Crippen LogP contribution in [0, 0.1) is 0 Å². The Morgan fingerprint density at radius 2 is 1.80 bits per heavy atom. The zero-order chi connectivity index (χ0) is 14.8. The van der Waals surface area contributed by atoms with Crippen molar-refractivity contribution in [2.45, 2.75) is 30.7 Å². The number of likely N-dealkylation sites (tertiary alicyclic amines) is 1. The lowest BCUT2D eigenvalue weighted by molar-refractivity contribution is -0.120. The summed E-state index contributed by atoms with van der Waals surface area (Å²) in [6.45, 7) is 3.76. The summed E-state index contributed by atoms with van der Waals surface area (Å²) >= 11 is 0. The molecule has 1 aliphatic rings. The number of rotatable bonds is 4. The first kappa shape index (κ1) is 15.0. The van der Waals surface area contributed by atoms with Crippen LogP contribution in [0.2, 0.25) is 0 Å². The average Bonchev–Trinajstić information content (AvgIpc) is 2.91. The Labute approximate surface area is 119 Å². The molecule has 1 fully saturated rings. The van der Waals surface area contributed by atoms with Gasteiger partial charge in [-0.2, -0.15) is 0 Å². The largest absolute Gasteiger partial charge is 0.325 e. The Morgan fingerprint density at radius 3 is 2.30 bits per heavy atom. The normalized spacial score (nSPS) is 17.9. The maximum Gasteiger partial charge on any atom is 0.241 e. The van der Waals surface area contributed by atoms with Gasteiger partial charge in [0, 0.05) is 5.69 Å². The molecule has 2 rings (SSSR count). The molecular formula is C13H19N3O3S. The molecule has 1 aliphatic heterocycles. The third-order valence-corrected chi connectivity index (χ3v) is 4.45. The summed E-state index contributed by atoms with van der Waals surface area (Å²) in [5, 5.41) is 7.80. The number of nitrogens with two attached hydrogens (primary N) is 1. The van der Waals surface area contributed by atoms with E-state index in [-0.39, 0.29) is 16.8 Å². The van der Waals surface area contributed by atoms with Crippen molar-refractivity contribution in [2.24, 2.45) is 5.14 Å². The van der Waals surface area contributed by atoms with Crippen molar-refractivity contribution in [3.63, 3.8) is 0 Å². The highest BCUT2D eigenvalue weighted by Crippen LogP contribution is 2.15. The Morgan fingerprint density at radius 1 is 1.25 bits per heavy atom. The zero-order valence-electron chi connectivity index (χ0n) is 11.4. The third-order valence-electron chi connectivity index (χ3n) is 3.52. The monoisotopic (exact) mass is 297 g/mol. The lowest BCUT2D eigenvalue weighted by Crippen LogP contribution is -2.40. The standard InChI is InChI=1S/C13H19N3O3S/c1-10(16-8-2-3-9-16)13(17)15-11-4-6-12(7-5-11)20(14,18)19/h4-7,10H,2-3,8-9H2,1H3,(H,15,17)(H2,14,18,19)/t10-/m0/s1. The number of primary sulfonamides is 1. The number of nitrogens with zero attached hydrogens (tertiary/aromatic N) is 1. The van der Waals surface area contributed by atoms with Gasteiger partial charge in [-0.1, -0.05) is 0 Å². The number of hydrogen-bond acceptors (Lipinski definition) is 4. The maximum absolute atomic E-state index is 12.1. The van der Waals surface area contributed by atoms with Gasteiger partial charge >= 0.3 is 0 Å². The number of benzene rings is 1. The van der Waals surface area contributed by atoms with Crippen molar-refractivity contribution in [1.82, 2.24) is 4.90 Å². The van der Waals surface area contributed by atoms with Crippen LogP contribution in [-0.4, -0.2) is 38.4 Å². The topological polar surface area (TPSA) is 92.5 Å². The summed E-state index contributed by atoms with van der Waals surface area (Å²) in [6, 6.07) is 5.65. The summed E-state index contributed by atoms with van der Waals surface area (Å²) in [4.78, 5) is 14.2. The first-order chi connectivity index (χ1) is 9.38. The fourth-order valence-electron chi connectivity index (χ4n) is 2.27. The first-order valence-corrected chi connectivity index (χ1v) is 8.10. The molecule has 1 aromatic carbocycles. The molecule has 0 saturated carbocycles. The van der Waals surface area contributed by atoms with E-state index in [1.165, 1.54) is 24.3 Å². The van der Waals surface area contributed by atoms with Crippen LogP contribution in [0.25, 0.3) is 0 Å². The fraction of sp³-hybridized carbons (Fsp3) is 0.462. The minimum atomic E-state index is -3.70. The summed E-state index contributed by atoms with van der Waals surface area (Å²) in [6.07, 6.45) is 2.25. The zero-order valence-corrected chi connectivity index (χ0v) is 12.2. The summed E-state index contributed by atoms with van der Waals surface area (Å²) in [7, 11) is -3.70. The molecular weight excluding hydrogens is 278 g/mol. The number of amides is 1. The number of anilines is 1. The molecule has 0 radical (unpaired) electrons. The van der Waals surface area contributed by atoms with Crippen LogP contribution in [0.1, 0.15) is 19.8 Å². The smallest absolute Gasteiger partial charge is 0.241 e. The van der Waals surface area contributed by atoms with Gasteiger partial charge in [0.1, 0.15) is 0 Å². The minimum absolute atomic E-state index is 0.0306. The quantitative estimate of drug-likeness (QED) is 0.858. The van der Waals surface area contributed by atoms with E-state index < -0.39 is 10.0 Å². The summed E-state index contributed by atoms with van der Waals surface area (Å²) in [5.41, 5.74) is 0.563. The van der Waals surface area contributed by atoms with Gasteiger partial charge in [-0.3, -0.25) is 9.69 Å². The van der Waals surface area contributed by atoms with Crippen molar-refractivity contribution in [2.75, 3.05) is 18.4 Å². The minimum Gasteiger partial charge on any atom is -0.325 e.